The van der Waals surface area contributed by atoms with Gasteiger partial charge in [0.2, 0.25) is 0 Å². The quantitative estimate of drug-likeness (QED) is 0.288. The number of rotatable bonds is 8. The van der Waals surface area contributed by atoms with Crippen molar-refractivity contribution in [3.63, 3.8) is 0 Å². The van der Waals surface area contributed by atoms with Crippen molar-refractivity contribution < 1.29 is 9.22 Å². The molecule has 0 N–H and O–H groups in total. The molecule has 0 amide bonds. The zero-order valence-electron chi connectivity index (χ0n) is 12.4. The fourth-order valence-corrected chi connectivity index (χ4v) is 5.35. The molecule has 102 valence electrons. The number of carbonyl (C=O) groups excluding carboxylic acids is 1. The molecular formula is C15H26O2Si. The molecule has 18 heavy (non-hydrogen) atoms. The van der Waals surface area contributed by atoms with Crippen LogP contribution in [0, 0.1) is 12.3 Å². The Kier molecular flexibility index (Phi) is 7.19. The lowest BCUT2D eigenvalue weighted by Crippen LogP contribution is -2.45. The van der Waals surface area contributed by atoms with Crippen molar-refractivity contribution >= 4 is 14.6 Å². The highest BCUT2D eigenvalue weighted by Gasteiger charge is 2.36. The van der Waals surface area contributed by atoms with Crippen LogP contribution in [0.5, 0.6) is 0 Å². The molecular weight excluding hydrogens is 240 g/mol. The molecule has 2 nitrogen and oxygen atoms in total. The molecule has 0 saturated carbocycles. The van der Waals surface area contributed by atoms with Crippen molar-refractivity contribution in [1.29, 1.82) is 0 Å². The molecule has 0 rings (SSSR count). The van der Waals surface area contributed by atoms with E-state index in [1.807, 2.05) is 13.0 Å². The van der Waals surface area contributed by atoms with E-state index < -0.39 is 13.9 Å². The number of aldehydes is 1. The van der Waals surface area contributed by atoms with E-state index in [-0.39, 0.29) is 0 Å². The first-order chi connectivity index (χ1) is 8.40. The minimum absolute atomic E-state index is 0.506. The van der Waals surface area contributed by atoms with Gasteiger partial charge in [0.15, 0.2) is 8.32 Å². The average molecular weight is 266 g/mol. The summed E-state index contributed by atoms with van der Waals surface area (Å²) >= 11 is 0. The molecule has 0 aliphatic heterocycles. The standard InChI is InChI=1S/C15H26O2Si/c1-7-11-15(6,12-14(5)13-16)17-18(8-2,9-3)10-4/h1,12-13H,8-11H2,2-6H3/b14-12+/t15-/m1/s1. The van der Waals surface area contributed by atoms with Crippen molar-refractivity contribution in [2.75, 3.05) is 0 Å². The molecule has 0 spiro atoms. The molecule has 0 aromatic heterocycles. The first kappa shape index (κ1) is 17.1. The topological polar surface area (TPSA) is 26.3 Å². The highest BCUT2D eigenvalue weighted by molar-refractivity contribution is 6.73. The van der Waals surface area contributed by atoms with Gasteiger partial charge in [-0.2, -0.15) is 0 Å². The van der Waals surface area contributed by atoms with Crippen molar-refractivity contribution in [1.82, 2.24) is 0 Å². The number of terminal acetylenes is 1. The summed E-state index contributed by atoms with van der Waals surface area (Å²) in [5, 5.41) is 0. The van der Waals surface area contributed by atoms with Gasteiger partial charge in [0.25, 0.3) is 0 Å². The van der Waals surface area contributed by atoms with E-state index in [1.54, 1.807) is 6.92 Å². The Morgan fingerprint density at radius 2 is 1.83 bits per heavy atom. The van der Waals surface area contributed by atoms with Gasteiger partial charge in [0, 0.05) is 6.42 Å². The largest absolute Gasteiger partial charge is 0.407 e. The normalized spacial score (nSPS) is 15.9. The smallest absolute Gasteiger partial charge is 0.193 e. The second-order valence-corrected chi connectivity index (χ2v) is 9.74. The second kappa shape index (κ2) is 7.55. The summed E-state index contributed by atoms with van der Waals surface area (Å²) < 4.78 is 6.45. The number of carbonyl (C=O) groups is 1. The predicted octanol–water partition coefficient (Wildman–Crippen LogP) is 3.94. The van der Waals surface area contributed by atoms with E-state index in [4.69, 9.17) is 10.8 Å². The third-order valence-electron chi connectivity index (χ3n) is 3.55. The van der Waals surface area contributed by atoms with Gasteiger partial charge in [-0.3, -0.25) is 4.79 Å². The van der Waals surface area contributed by atoms with Crippen LogP contribution in [0.15, 0.2) is 11.6 Å². The van der Waals surface area contributed by atoms with Crippen LogP contribution >= 0.6 is 0 Å². The maximum Gasteiger partial charge on any atom is 0.193 e. The van der Waals surface area contributed by atoms with Crippen molar-refractivity contribution in [2.24, 2.45) is 0 Å². The van der Waals surface area contributed by atoms with Gasteiger partial charge in [-0.1, -0.05) is 20.8 Å². The zero-order chi connectivity index (χ0) is 14.2. The summed E-state index contributed by atoms with van der Waals surface area (Å²) in [7, 11) is -1.73. The number of hydrogen-bond donors (Lipinski definition) is 0. The molecule has 1 atom stereocenters. The lowest BCUT2D eigenvalue weighted by Gasteiger charge is -2.38. The molecule has 0 saturated heterocycles. The summed E-state index contributed by atoms with van der Waals surface area (Å²) in [6.07, 6.45) is 8.68. The van der Waals surface area contributed by atoms with Crippen molar-refractivity contribution in [3.05, 3.63) is 11.6 Å². The SMILES string of the molecule is C#CC[C@](C)(/C=C(\C)C=O)O[Si](CC)(CC)CC. The molecule has 0 unspecified atom stereocenters. The van der Waals surface area contributed by atoms with Gasteiger partial charge in [-0.15, -0.1) is 12.3 Å². The minimum atomic E-state index is -1.73. The Hall–Kier alpha value is -0.853. The third-order valence-corrected chi connectivity index (χ3v) is 8.32. The Morgan fingerprint density at radius 1 is 1.33 bits per heavy atom. The van der Waals surface area contributed by atoms with E-state index in [0.717, 1.165) is 24.4 Å². The van der Waals surface area contributed by atoms with Crippen LogP contribution in [0.3, 0.4) is 0 Å². The number of hydrogen-bond acceptors (Lipinski definition) is 2. The molecule has 0 heterocycles. The zero-order valence-corrected chi connectivity index (χ0v) is 13.4. The monoisotopic (exact) mass is 266 g/mol. The van der Waals surface area contributed by atoms with Crippen LogP contribution in [0.1, 0.15) is 41.0 Å². The van der Waals surface area contributed by atoms with Gasteiger partial charge in [0.1, 0.15) is 6.29 Å². The van der Waals surface area contributed by atoms with Crippen LogP contribution in [-0.4, -0.2) is 20.2 Å². The lowest BCUT2D eigenvalue weighted by molar-refractivity contribution is -0.105. The maximum atomic E-state index is 10.8. The van der Waals surface area contributed by atoms with Crippen LogP contribution in [0.2, 0.25) is 18.1 Å². The van der Waals surface area contributed by atoms with Gasteiger partial charge >= 0.3 is 0 Å². The van der Waals surface area contributed by atoms with E-state index >= 15 is 0 Å². The third kappa shape index (κ3) is 4.79. The van der Waals surface area contributed by atoms with Crippen molar-refractivity contribution in [3.8, 4) is 12.3 Å². The van der Waals surface area contributed by atoms with Crippen LogP contribution in [0.25, 0.3) is 0 Å². The van der Waals surface area contributed by atoms with Crippen LogP contribution in [-0.2, 0) is 9.22 Å². The fraction of sp³-hybridized carbons (Fsp3) is 0.667. The first-order valence-electron chi connectivity index (χ1n) is 6.69. The first-order valence-corrected chi connectivity index (χ1v) is 9.22. The Morgan fingerprint density at radius 3 is 2.17 bits per heavy atom. The van der Waals surface area contributed by atoms with Crippen LogP contribution in [0.4, 0.5) is 0 Å². The molecule has 0 bridgehead atoms. The predicted molar refractivity (Wildman–Crippen MR) is 80.0 cm³/mol. The van der Waals surface area contributed by atoms with Gasteiger partial charge < -0.3 is 4.43 Å². The summed E-state index contributed by atoms with van der Waals surface area (Å²) in [5.74, 6) is 2.67. The lowest BCUT2D eigenvalue weighted by atomic mass is 10.0. The minimum Gasteiger partial charge on any atom is -0.407 e. The van der Waals surface area contributed by atoms with E-state index in [2.05, 4.69) is 26.7 Å². The molecule has 0 aliphatic rings. The highest BCUT2D eigenvalue weighted by Crippen LogP contribution is 2.31. The average Bonchev–Trinajstić information content (AvgIpc) is 2.36. The van der Waals surface area contributed by atoms with Gasteiger partial charge in [-0.05, 0) is 43.6 Å². The van der Waals surface area contributed by atoms with E-state index in [0.29, 0.717) is 12.0 Å². The summed E-state index contributed by atoms with van der Waals surface area (Å²) in [6.45, 7) is 10.3. The Labute approximate surface area is 113 Å². The Bertz CT molecular complexity index is 329. The summed E-state index contributed by atoms with van der Waals surface area (Å²) in [4.78, 5) is 10.8. The maximum absolute atomic E-state index is 10.8. The van der Waals surface area contributed by atoms with Crippen LogP contribution < -0.4 is 0 Å². The number of allylic oxidation sites excluding steroid dienone is 1. The summed E-state index contributed by atoms with van der Waals surface area (Å²) in [5.41, 5.74) is 0.174. The molecule has 0 radical (unpaired) electrons. The van der Waals surface area contributed by atoms with Gasteiger partial charge in [-0.25, -0.2) is 0 Å². The fourth-order valence-electron chi connectivity index (χ4n) is 2.30. The highest BCUT2D eigenvalue weighted by atomic mass is 28.4. The molecule has 0 fully saturated rings. The molecule has 0 aliphatic carbocycles. The Balaban J connectivity index is 5.25. The van der Waals surface area contributed by atoms with Gasteiger partial charge in [0.05, 0.1) is 5.60 Å². The van der Waals surface area contributed by atoms with E-state index in [9.17, 15) is 4.79 Å². The second-order valence-electron chi connectivity index (χ2n) is 5.05. The van der Waals surface area contributed by atoms with Crippen molar-refractivity contribution in [2.45, 2.75) is 64.8 Å². The molecule has 0 aromatic carbocycles. The van der Waals surface area contributed by atoms with E-state index in [1.165, 1.54) is 0 Å². The summed E-state index contributed by atoms with van der Waals surface area (Å²) in [6, 6.07) is 3.23. The molecule has 3 heteroatoms. The molecule has 0 aromatic rings.